The van der Waals surface area contributed by atoms with Crippen LogP contribution in [0.3, 0.4) is 0 Å². The molecule has 4 heteroatoms. The maximum Gasteiger partial charge on any atom is 0.258 e. The molecule has 0 fully saturated rings. The maximum atomic E-state index is 11.2. The highest BCUT2D eigenvalue weighted by atomic mass is 16.5. The molecule has 1 aromatic rings. The van der Waals surface area contributed by atoms with Crippen molar-refractivity contribution in [1.29, 1.82) is 0 Å². The number of terminal acetylenes is 1. The number of carbonyl (C=O) groups excluding carboxylic acids is 1. The van der Waals surface area contributed by atoms with Gasteiger partial charge in [0.05, 0.1) is 12.6 Å². The molecule has 4 nitrogen and oxygen atoms in total. The molecule has 1 rings (SSSR count). The molecule has 1 aromatic carbocycles. The second kappa shape index (κ2) is 7.36. The molecule has 0 saturated heterocycles. The fourth-order valence-electron chi connectivity index (χ4n) is 1.41. The Hall–Kier alpha value is -1.99. The molecule has 0 aromatic heterocycles. The lowest BCUT2D eigenvalue weighted by Gasteiger charge is -2.08. The van der Waals surface area contributed by atoms with E-state index in [9.17, 15) is 9.90 Å². The first-order valence-electron chi connectivity index (χ1n) is 5.71. The summed E-state index contributed by atoms with van der Waals surface area (Å²) < 4.78 is 5.28. The van der Waals surface area contributed by atoms with Crippen molar-refractivity contribution in [3.63, 3.8) is 0 Å². The van der Waals surface area contributed by atoms with E-state index in [4.69, 9.17) is 11.2 Å². The van der Waals surface area contributed by atoms with Gasteiger partial charge in [-0.3, -0.25) is 4.79 Å². The zero-order valence-electron chi connectivity index (χ0n) is 10.3. The molecule has 2 N–H and O–H groups in total. The van der Waals surface area contributed by atoms with E-state index in [2.05, 4.69) is 11.2 Å². The molecule has 0 aliphatic rings. The van der Waals surface area contributed by atoms with E-state index in [0.29, 0.717) is 12.2 Å². The van der Waals surface area contributed by atoms with Crippen LogP contribution in [-0.4, -0.2) is 30.3 Å². The molecular weight excluding hydrogens is 230 g/mol. The second-order valence-electron chi connectivity index (χ2n) is 3.97. The highest BCUT2D eigenvalue weighted by Crippen LogP contribution is 2.13. The third kappa shape index (κ3) is 5.37. The molecule has 0 saturated carbocycles. The molecule has 0 aliphatic heterocycles. The predicted molar refractivity (Wildman–Crippen MR) is 69.2 cm³/mol. The normalized spacial score (nSPS) is 11.4. The molecule has 0 spiro atoms. The van der Waals surface area contributed by atoms with Crippen LogP contribution in [0.4, 0.5) is 0 Å². The van der Waals surface area contributed by atoms with Crippen LogP contribution < -0.4 is 10.1 Å². The van der Waals surface area contributed by atoms with Crippen LogP contribution in [0.2, 0.25) is 0 Å². The summed E-state index contributed by atoms with van der Waals surface area (Å²) in [5.41, 5.74) is 1.02. The lowest BCUT2D eigenvalue weighted by Crippen LogP contribution is -2.29. The Morgan fingerprint density at radius 1 is 1.50 bits per heavy atom. The molecule has 0 heterocycles. The summed E-state index contributed by atoms with van der Waals surface area (Å²) in [4.78, 5) is 11.2. The Bertz CT molecular complexity index is 418. The van der Waals surface area contributed by atoms with E-state index >= 15 is 0 Å². The fraction of sp³-hybridized carbons (Fsp3) is 0.357. The van der Waals surface area contributed by atoms with Crippen molar-refractivity contribution >= 4 is 5.91 Å². The van der Waals surface area contributed by atoms with Gasteiger partial charge < -0.3 is 15.2 Å². The number of benzene rings is 1. The second-order valence-corrected chi connectivity index (χ2v) is 3.97. The lowest BCUT2D eigenvalue weighted by atomic mass is 10.1. The molecule has 96 valence electrons. The smallest absolute Gasteiger partial charge is 0.258 e. The molecule has 1 amide bonds. The maximum absolute atomic E-state index is 11.2. The van der Waals surface area contributed by atoms with Crippen LogP contribution >= 0.6 is 0 Å². The third-order valence-electron chi connectivity index (χ3n) is 2.21. The molecule has 0 aliphatic carbocycles. The molecule has 1 unspecified atom stereocenters. The number of ether oxygens (including phenoxy) is 1. The molecule has 0 bridgehead atoms. The number of hydrogen-bond acceptors (Lipinski definition) is 3. The summed E-state index contributed by atoms with van der Waals surface area (Å²) in [5.74, 6) is 2.67. The van der Waals surface area contributed by atoms with Gasteiger partial charge in [0.25, 0.3) is 5.91 Å². The summed E-state index contributed by atoms with van der Waals surface area (Å²) in [6.45, 7) is 1.88. The summed E-state index contributed by atoms with van der Waals surface area (Å²) in [6, 6.07) is 7.27. The van der Waals surface area contributed by atoms with Gasteiger partial charge in [-0.15, -0.1) is 6.42 Å². The Labute approximate surface area is 107 Å². The quantitative estimate of drug-likeness (QED) is 0.729. The van der Waals surface area contributed by atoms with Crippen LogP contribution in [0.5, 0.6) is 5.75 Å². The van der Waals surface area contributed by atoms with Crippen molar-refractivity contribution in [2.75, 3.05) is 13.2 Å². The van der Waals surface area contributed by atoms with Crippen LogP contribution in [-0.2, 0) is 11.2 Å². The standard InChI is InChI=1S/C14H17NO3/c1-3-8-15-14(17)10-18-13-6-4-12(5-7-13)9-11(2)16/h1,4-7,11,16H,8-10H2,2H3,(H,15,17). The zero-order chi connectivity index (χ0) is 13.4. The minimum Gasteiger partial charge on any atom is -0.484 e. The van der Waals surface area contributed by atoms with Gasteiger partial charge in [-0.05, 0) is 31.0 Å². The van der Waals surface area contributed by atoms with E-state index in [1.54, 1.807) is 19.1 Å². The number of aliphatic hydroxyl groups is 1. The SMILES string of the molecule is C#CCNC(=O)COc1ccc(CC(C)O)cc1. The molecular formula is C14H17NO3. The monoisotopic (exact) mass is 247 g/mol. The van der Waals surface area contributed by atoms with E-state index in [-0.39, 0.29) is 25.2 Å². The predicted octanol–water partition coefficient (Wildman–Crippen LogP) is 0.738. The van der Waals surface area contributed by atoms with Gasteiger partial charge in [0.2, 0.25) is 0 Å². The van der Waals surface area contributed by atoms with Crippen molar-refractivity contribution in [2.24, 2.45) is 0 Å². The van der Waals surface area contributed by atoms with Crippen LogP contribution in [0.25, 0.3) is 0 Å². The number of nitrogens with one attached hydrogen (secondary N) is 1. The number of aliphatic hydroxyl groups excluding tert-OH is 1. The van der Waals surface area contributed by atoms with Gasteiger partial charge in [-0.2, -0.15) is 0 Å². The van der Waals surface area contributed by atoms with E-state index in [1.807, 2.05) is 12.1 Å². The van der Waals surface area contributed by atoms with E-state index < -0.39 is 0 Å². The van der Waals surface area contributed by atoms with Crippen molar-refractivity contribution in [2.45, 2.75) is 19.4 Å². The highest BCUT2D eigenvalue weighted by Gasteiger charge is 2.02. The first kappa shape index (κ1) is 14.1. The van der Waals surface area contributed by atoms with Gasteiger partial charge in [-0.25, -0.2) is 0 Å². The number of amides is 1. The van der Waals surface area contributed by atoms with Gasteiger partial charge in [0, 0.05) is 0 Å². The summed E-state index contributed by atoms with van der Waals surface area (Å²) in [6.07, 6.45) is 5.25. The number of carbonyl (C=O) groups is 1. The van der Waals surface area contributed by atoms with Crippen LogP contribution in [0.1, 0.15) is 12.5 Å². The fourth-order valence-corrected chi connectivity index (χ4v) is 1.41. The largest absolute Gasteiger partial charge is 0.484 e. The number of rotatable bonds is 6. The van der Waals surface area contributed by atoms with Crippen molar-refractivity contribution in [3.05, 3.63) is 29.8 Å². The van der Waals surface area contributed by atoms with Gasteiger partial charge in [0.15, 0.2) is 6.61 Å². The van der Waals surface area contributed by atoms with Crippen LogP contribution in [0.15, 0.2) is 24.3 Å². The van der Waals surface area contributed by atoms with Crippen molar-refractivity contribution in [3.8, 4) is 18.1 Å². The van der Waals surface area contributed by atoms with Crippen LogP contribution in [0, 0.1) is 12.3 Å². The summed E-state index contributed by atoms with van der Waals surface area (Å²) in [5, 5.41) is 11.7. The van der Waals surface area contributed by atoms with E-state index in [1.165, 1.54) is 0 Å². The number of hydrogen-bond donors (Lipinski definition) is 2. The molecule has 1 atom stereocenters. The molecule has 18 heavy (non-hydrogen) atoms. The molecule has 0 radical (unpaired) electrons. The Balaban J connectivity index is 2.39. The first-order valence-corrected chi connectivity index (χ1v) is 5.71. The van der Waals surface area contributed by atoms with Crippen molar-refractivity contribution in [1.82, 2.24) is 5.32 Å². The van der Waals surface area contributed by atoms with Crippen molar-refractivity contribution < 1.29 is 14.6 Å². The zero-order valence-corrected chi connectivity index (χ0v) is 10.3. The Morgan fingerprint density at radius 3 is 2.72 bits per heavy atom. The highest BCUT2D eigenvalue weighted by molar-refractivity contribution is 5.77. The van der Waals surface area contributed by atoms with Gasteiger partial charge >= 0.3 is 0 Å². The van der Waals surface area contributed by atoms with Gasteiger partial charge in [-0.1, -0.05) is 18.1 Å². The topological polar surface area (TPSA) is 58.6 Å². The average Bonchev–Trinajstić information content (AvgIpc) is 2.35. The first-order chi connectivity index (χ1) is 8.61. The average molecular weight is 247 g/mol. The summed E-state index contributed by atoms with van der Waals surface area (Å²) >= 11 is 0. The minimum absolute atomic E-state index is 0.0581. The summed E-state index contributed by atoms with van der Waals surface area (Å²) in [7, 11) is 0. The lowest BCUT2D eigenvalue weighted by molar-refractivity contribution is -0.122. The third-order valence-corrected chi connectivity index (χ3v) is 2.21. The van der Waals surface area contributed by atoms with E-state index in [0.717, 1.165) is 5.56 Å². The van der Waals surface area contributed by atoms with Gasteiger partial charge in [0.1, 0.15) is 5.75 Å². The Morgan fingerprint density at radius 2 is 2.17 bits per heavy atom. The minimum atomic E-state index is -0.369. The Kier molecular flexibility index (Phi) is 5.75.